The van der Waals surface area contributed by atoms with E-state index in [0.717, 1.165) is 16.9 Å². The fourth-order valence-electron chi connectivity index (χ4n) is 2.05. The summed E-state index contributed by atoms with van der Waals surface area (Å²) in [4.78, 5) is 35.0. The summed E-state index contributed by atoms with van der Waals surface area (Å²) in [7, 11) is 0. The molecule has 0 aliphatic heterocycles. The first-order chi connectivity index (χ1) is 12.6. The number of ether oxygens (including phenoxy) is 1. The van der Waals surface area contributed by atoms with Crippen LogP contribution < -0.4 is 5.32 Å². The maximum Gasteiger partial charge on any atom is 0.435 e. The number of carbonyl (C=O) groups is 3. The fourth-order valence-corrected chi connectivity index (χ4v) is 2.05. The number of ketones is 1. The monoisotopic (exact) mass is 383 g/mol. The summed E-state index contributed by atoms with van der Waals surface area (Å²) in [5.74, 6) is -1.67. The highest BCUT2D eigenvalue weighted by Gasteiger charge is 2.33. The van der Waals surface area contributed by atoms with Crippen molar-refractivity contribution in [1.82, 2.24) is 9.78 Å². The van der Waals surface area contributed by atoms with Gasteiger partial charge in [-0.15, -0.1) is 0 Å². The molecular weight excluding hydrogens is 367 g/mol. The van der Waals surface area contributed by atoms with Crippen molar-refractivity contribution >= 4 is 23.3 Å². The van der Waals surface area contributed by atoms with Crippen molar-refractivity contribution < 1.29 is 32.3 Å². The molecule has 0 fully saturated rings. The standard InChI is InChI=1S/C17H16F3N3O4/c1-10(24)12-3-5-13(6-4-12)21-16(26)11(2)27-15(25)9-23-8-7-14(22-23)17(18,19)20/h3-8,11H,9H2,1-2H3,(H,21,26). The normalized spacial score (nSPS) is 12.3. The number of carbonyl (C=O) groups excluding carboxylic acids is 3. The van der Waals surface area contributed by atoms with Crippen molar-refractivity contribution in [2.45, 2.75) is 32.7 Å². The van der Waals surface area contributed by atoms with E-state index in [1.165, 1.54) is 38.1 Å². The smallest absolute Gasteiger partial charge is 0.435 e. The number of hydrogen-bond donors (Lipinski definition) is 1. The van der Waals surface area contributed by atoms with Crippen molar-refractivity contribution in [1.29, 1.82) is 0 Å². The quantitative estimate of drug-likeness (QED) is 0.612. The predicted octanol–water partition coefficient (Wildman–Crippen LogP) is 2.67. The molecule has 0 bridgehead atoms. The number of amides is 1. The van der Waals surface area contributed by atoms with Crippen LogP contribution in [0.4, 0.5) is 18.9 Å². The molecule has 1 aromatic carbocycles. The highest BCUT2D eigenvalue weighted by atomic mass is 19.4. The number of halogens is 3. The van der Waals surface area contributed by atoms with Gasteiger partial charge in [0.05, 0.1) is 0 Å². The topological polar surface area (TPSA) is 90.3 Å². The number of rotatable bonds is 6. The van der Waals surface area contributed by atoms with Crippen LogP contribution >= 0.6 is 0 Å². The highest BCUT2D eigenvalue weighted by Crippen LogP contribution is 2.27. The van der Waals surface area contributed by atoms with Gasteiger partial charge in [0, 0.05) is 17.4 Å². The third-order valence-corrected chi connectivity index (χ3v) is 3.46. The lowest BCUT2D eigenvalue weighted by Gasteiger charge is -2.13. The molecule has 0 saturated carbocycles. The Hall–Kier alpha value is -3.17. The largest absolute Gasteiger partial charge is 0.451 e. The number of Topliss-reactive ketones (excluding diaryl/α,β-unsaturated/α-hetero) is 1. The second-order valence-corrected chi connectivity index (χ2v) is 5.65. The van der Waals surface area contributed by atoms with Crippen molar-refractivity contribution in [2.24, 2.45) is 0 Å². The number of aromatic nitrogens is 2. The molecule has 1 N–H and O–H groups in total. The molecule has 0 aliphatic rings. The fraction of sp³-hybridized carbons (Fsp3) is 0.294. The SMILES string of the molecule is CC(=O)c1ccc(NC(=O)C(C)OC(=O)Cn2ccc(C(F)(F)F)n2)cc1. The average Bonchev–Trinajstić information content (AvgIpc) is 3.03. The third kappa shape index (κ3) is 5.66. The Labute approximate surface area is 152 Å². The molecule has 10 heteroatoms. The minimum Gasteiger partial charge on any atom is -0.451 e. The Balaban J connectivity index is 1.88. The van der Waals surface area contributed by atoms with Crippen LogP contribution in [0.2, 0.25) is 0 Å². The van der Waals surface area contributed by atoms with E-state index in [2.05, 4.69) is 10.4 Å². The van der Waals surface area contributed by atoms with Gasteiger partial charge in [0.2, 0.25) is 0 Å². The van der Waals surface area contributed by atoms with Crippen molar-refractivity contribution in [3.63, 3.8) is 0 Å². The lowest BCUT2D eigenvalue weighted by Crippen LogP contribution is -2.31. The van der Waals surface area contributed by atoms with E-state index in [1.54, 1.807) is 0 Å². The van der Waals surface area contributed by atoms with Gasteiger partial charge in [0.25, 0.3) is 5.91 Å². The van der Waals surface area contributed by atoms with Crippen molar-refractivity contribution in [3.8, 4) is 0 Å². The number of hydrogen-bond acceptors (Lipinski definition) is 5. The van der Waals surface area contributed by atoms with Crippen molar-refractivity contribution in [3.05, 3.63) is 47.8 Å². The van der Waals surface area contributed by atoms with Crippen molar-refractivity contribution in [2.75, 3.05) is 5.32 Å². The summed E-state index contributed by atoms with van der Waals surface area (Å²) < 4.78 is 43.1. The number of nitrogens with one attached hydrogen (secondary N) is 1. The Morgan fingerprint density at radius 1 is 1.19 bits per heavy atom. The maximum atomic E-state index is 12.5. The van der Waals surface area contributed by atoms with Gasteiger partial charge in [-0.25, -0.2) is 0 Å². The molecular formula is C17H16F3N3O4. The maximum absolute atomic E-state index is 12.5. The minimum absolute atomic E-state index is 0.123. The van der Waals surface area contributed by atoms with Crippen LogP contribution in [-0.2, 0) is 27.0 Å². The summed E-state index contributed by atoms with van der Waals surface area (Å²) in [6.07, 6.45) is -4.80. The van der Waals surface area contributed by atoms with Crippen LogP contribution in [-0.4, -0.2) is 33.5 Å². The molecule has 2 aromatic rings. The molecule has 0 aliphatic carbocycles. The first-order valence-electron chi connectivity index (χ1n) is 7.78. The molecule has 0 saturated heterocycles. The number of esters is 1. The van der Waals surface area contributed by atoms with E-state index in [9.17, 15) is 27.6 Å². The number of benzene rings is 1. The van der Waals surface area contributed by atoms with Crippen LogP contribution in [0.1, 0.15) is 29.9 Å². The molecule has 1 amide bonds. The van der Waals surface area contributed by atoms with E-state index in [4.69, 9.17) is 4.74 Å². The molecule has 2 rings (SSSR count). The Kier molecular flexibility index (Phi) is 5.98. The highest BCUT2D eigenvalue weighted by molar-refractivity contribution is 5.97. The third-order valence-electron chi connectivity index (χ3n) is 3.46. The van der Waals surface area contributed by atoms with Gasteiger partial charge in [-0.3, -0.25) is 19.1 Å². The Morgan fingerprint density at radius 3 is 2.33 bits per heavy atom. The first-order valence-corrected chi connectivity index (χ1v) is 7.78. The number of anilines is 1. The minimum atomic E-state index is -4.61. The summed E-state index contributed by atoms with van der Waals surface area (Å²) in [6.45, 7) is 2.16. The molecule has 1 aromatic heterocycles. The second-order valence-electron chi connectivity index (χ2n) is 5.65. The van der Waals surface area contributed by atoms with Gasteiger partial charge in [0.15, 0.2) is 17.6 Å². The summed E-state index contributed by atoms with van der Waals surface area (Å²) >= 11 is 0. The lowest BCUT2D eigenvalue weighted by atomic mass is 10.1. The molecule has 1 unspecified atom stereocenters. The molecule has 144 valence electrons. The molecule has 7 nitrogen and oxygen atoms in total. The van der Waals surface area contributed by atoms with Crippen LogP contribution in [0.3, 0.4) is 0 Å². The van der Waals surface area contributed by atoms with Gasteiger partial charge >= 0.3 is 12.1 Å². The van der Waals surface area contributed by atoms with Crippen LogP contribution in [0.5, 0.6) is 0 Å². The average molecular weight is 383 g/mol. The van der Waals surface area contributed by atoms with Gasteiger partial charge in [-0.2, -0.15) is 18.3 Å². The zero-order valence-electron chi connectivity index (χ0n) is 14.4. The van der Waals surface area contributed by atoms with E-state index >= 15 is 0 Å². The lowest BCUT2D eigenvalue weighted by molar-refractivity contribution is -0.154. The van der Waals surface area contributed by atoms with Gasteiger partial charge in [0.1, 0.15) is 6.54 Å². The second kappa shape index (κ2) is 8.02. The van der Waals surface area contributed by atoms with E-state index in [0.29, 0.717) is 11.3 Å². The predicted molar refractivity (Wildman–Crippen MR) is 87.9 cm³/mol. The van der Waals surface area contributed by atoms with Gasteiger partial charge in [-0.05, 0) is 44.2 Å². The molecule has 1 heterocycles. The zero-order valence-corrected chi connectivity index (χ0v) is 14.4. The first kappa shape index (κ1) is 20.1. The molecule has 0 spiro atoms. The van der Waals surface area contributed by atoms with Crippen LogP contribution in [0, 0.1) is 0 Å². The van der Waals surface area contributed by atoms with Crippen LogP contribution in [0.25, 0.3) is 0 Å². The summed E-state index contributed by atoms with van der Waals surface area (Å²) in [5, 5.41) is 5.73. The van der Waals surface area contributed by atoms with Crippen LogP contribution in [0.15, 0.2) is 36.5 Å². The molecule has 0 radical (unpaired) electrons. The Morgan fingerprint density at radius 2 is 1.81 bits per heavy atom. The van der Waals surface area contributed by atoms with E-state index in [1.807, 2.05) is 0 Å². The number of nitrogens with zero attached hydrogens (tertiary/aromatic N) is 2. The van der Waals surface area contributed by atoms with E-state index in [-0.39, 0.29) is 5.78 Å². The number of alkyl halides is 3. The molecule has 27 heavy (non-hydrogen) atoms. The molecule has 1 atom stereocenters. The zero-order chi connectivity index (χ0) is 20.2. The van der Waals surface area contributed by atoms with Gasteiger partial charge < -0.3 is 10.1 Å². The summed E-state index contributed by atoms with van der Waals surface area (Å²) in [6, 6.07) is 6.83. The van der Waals surface area contributed by atoms with Gasteiger partial charge in [-0.1, -0.05) is 0 Å². The Bertz CT molecular complexity index is 844. The summed E-state index contributed by atoms with van der Waals surface area (Å²) in [5.41, 5.74) is -0.255. The van der Waals surface area contributed by atoms with E-state index < -0.39 is 36.4 Å².